The third kappa shape index (κ3) is 26.5. The van der Waals surface area contributed by atoms with E-state index in [0.29, 0.717) is 0 Å². The number of likely N-dealkylation sites (N-methyl/N-ethyl adjacent to an activating group) is 6. The summed E-state index contributed by atoms with van der Waals surface area (Å²) in [5.74, 6) is -3.71. The maximum Gasteiger partial charge on any atom is 0.324 e. The SMILES string of the molecule is CC(C)C(C(=O)O)N(C)C.CN(C)C(C)(C)C(=O)O.CN(C)C(CO)C(=O)O.CN(C)C1(C(=O)O)CC1.CNC(C(=O)O)C(C)C.CNC(C)C(C)O. The monoisotopic (exact) mass is 773 g/mol. The summed E-state index contributed by atoms with van der Waals surface area (Å²) in [6, 6.07) is -1.34. The second kappa shape index (κ2) is 29.4. The molecule has 0 aliphatic heterocycles. The van der Waals surface area contributed by atoms with Gasteiger partial charge in [-0.25, -0.2) is 0 Å². The molecule has 53 heavy (non-hydrogen) atoms. The lowest BCUT2D eigenvalue weighted by Crippen LogP contribution is -2.45. The predicted octanol–water partition coefficient (Wildman–Crippen LogP) is 0.517. The number of hydrogen-bond donors (Lipinski definition) is 9. The molecule has 0 aromatic carbocycles. The minimum Gasteiger partial charge on any atom is -0.480 e. The molecule has 0 bridgehead atoms. The van der Waals surface area contributed by atoms with Gasteiger partial charge in [0.05, 0.1) is 12.7 Å². The van der Waals surface area contributed by atoms with Crippen LogP contribution in [0.4, 0.5) is 0 Å². The number of carboxylic acids is 5. The Morgan fingerprint density at radius 1 is 0.679 bits per heavy atom. The third-order valence-electron chi connectivity index (χ3n) is 8.56. The Bertz CT molecular complexity index is 979. The van der Waals surface area contributed by atoms with Crippen LogP contribution in [0.2, 0.25) is 0 Å². The molecule has 1 fully saturated rings. The van der Waals surface area contributed by atoms with Gasteiger partial charge in [0.1, 0.15) is 29.2 Å². The fourth-order valence-electron chi connectivity index (χ4n) is 3.71. The topological polar surface area (TPSA) is 264 Å². The summed E-state index contributed by atoms with van der Waals surface area (Å²) in [7, 11) is 17.3. The van der Waals surface area contributed by atoms with Crippen molar-refractivity contribution in [1.82, 2.24) is 30.2 Å². The molecule has 0 saturated heterocycles. The predicted molar refractivity (Wildman–Crippen MR) is 206 cm³/mol. The van der Waals surface area contributed by atoms with Crippen LogP contribution in [0.5, 0.6) is 0 Å². The minimum atomic E-state index is -0.998. The molecule has 0 aromatic rings. The van der Waals surface area contributed by atoms with Crippen LogP contribution in [0, 0.1) is 11.8 Å². The standard InChI is InChI=1S/C7H15NO2.C6H11NO2.2C6H13NO2.C5H11NO3.C5H13NO/c1-5(2)6(7(9)10)8(3)4;1-7(2)6(3-4-6)5(8)9;1-6(2,5(8)9)7(3)4;1-4(2)5(7-3)6(8)9;1-6(2)4(3-7)5(8)9;1-4(6-3)5(2)7/h5-6H,1-4H3,(H,9,10);3-4H2,1-2H3,(H,8,9);1-4H3,(H,8,9);4-5,7H,1-3H3,(H,8,9);4,7H,3H2,1-2H3,(H,8,9);4-7H,1-3H3. The fourth-order valence-corrected chi connectivity index (χ4v) is 3.71. The Kier molecular flexibility index (Phi) is 32.9. The van der Waals surface area contributed by atoms with Crippen LogP contribution in [0.3, 0.4) is 0 Å². The molecule has 1 saturated carbocycles. The molecular weight excluding hydrogens is 696 g/mol. The minimum absolute atomic E-state index is 0.146. The van der Waals surface area contributed by atoms with Crippen LogP contribution in [0.15, 0.2) is 0 Å². The van der Waals surface area contributed by atoms with Crippen molar-refractivity contribution in [3.8, 4) is 0 Å². The zero-order valence-corrected chi connectivity index (χ0v) is 35.6. The fraction of sp³-hybridized carbons (Fsp3) is 0.857. The average molecular weight is 773 g/mol. The number of rotatable bonds is 15. The van der Waals surface area contributed by atoms with Gasteiger partial charge in [0.15, 0.2) is 0 Å². The highest BCUT2D eigenvalue weighted by Crippen LogP contribution is 2.39. The van der Waals surface area contributed by atoms with Gasteiger partial charge in [0.25, 0.3) is 0 Å². The van der Waals surface area contributed by atoms with Gasteiger partial charge in [0.2, 0.25) is 0 Å². The molecule has 5 unspecified atom stereocenters. The summed E-state index contributed by atoms with van der Waals surface area (Å²) >= 11 is 0. The van der Waals surface area contributed by atoms with E-state index >= 15 is 0 Å². The van der Waals surface area contributed by atoms with E-state index in [1.54, 1.807) is 98.9 Å². The van der Waals surface area contributed by atoms with Gasteiger partial charge in [0, 0.05) is 6.04 Å². The lowest BCUT2D eigenvalue weighted by atomic mass is 10.0. The van der Waals surface area contributed by atoms with Gasteiger partial charge in [-0.05, 0) is 123 Å². The smallest absolute Gasteiger partial charge is 0.324 e. The van der Waals surface area contributed by atoms with Crippen molar-refractivity contribution in [2.45, 2.75) is 110 Å². The van der Waals surface area contributed by atoms with Gasteiger partial charge in [-0.2, -0.15) is 0 Å². The quantitative estimate of drug-likeness (QED) is 0.110. The van der Waals surface area contributed by atoms with Crippen LogP contribution >= 0.6 is 0 Å². The largest absolute Gasteiger partial charge is 0.480 e. The van der Waals surface area contributed by atoms with Gasteiger partial charge in [-0.1, -0.05) is 27.7 Å². The van der Waals surface area contributed by atoms with Crippen LogP contribution in [0.25, 0.3) is 0 Å². The molecule has 318 valence electrons. The average Bonchev–Trinajstić information content (AvgIpc) is 3.80. The van der Waals surface area contributed by atoms with E-state index in [-0.39, 0.29) is 36.6 Å². The molecule has 18 nitrogen and oxygen atoms in total. The van der Waals surface area contributed by atoms with Gasteiger partial charge in [-0.15, -0.1) is 0 Å². The van der Waals surface area contributed by atoms with Crippen LogP contribution in [0.1, 0.15) is 68.2 Å². The van der Waals surface area contributed by atoms with Gasteiger partial charge >= 0.3 is 29.8 Å². The van der Waals surface area contributed by atoms with Crippen LogP contribution in [-0.2, 0) is 24.0 Å². The summed E-state index contributed by atoms with van der Waals surface area (Å²) in [5, 5.41) is 65.5. The Morgan fingerprint density at radius 3 is 1.09 bits per heavy atom. The first-order chi connectivity index (χ1) is 23.8. The summed E-state index contributed by atoms with van der Waals surface area (Å²) in [6.07, 6.45) is 1.36. The molecule has 0 spiro atoms. The number of hydrogen-bond acceptors (Lipinski definition) is 13. The van der Waals surface area contributed by atoms with E-state index in [9.17, 15) is 24.0 Å². The first kappa shape index (κ1) is 59.3. The Hall–Kier alpha value is -2.97. The number of carbonyl (C=O) groups is 5. The number of nitrogens with zero attached hydrogens (tertiary/aromatic N) is 4. The summed E-state index contributed by atoms with van der Waals surface area (Å²) in [4.78, 5) is 58.5. The third-order valence-corrected chi connectivity index (χ3v) is 8.56. The lowest BCUT2D eigenvalue weighted by molar-refractivity contribution is -0.148. The molecular formula is C35H76N6O12. The normalized spacial score (nSPS) is 15.7. The molecule has 1 aliphatic rings. The van der Waals surface area contributed by atoms with Crippen molar-refractivity contribution in [3.05, 3.63) is 0 Å². The maximum absolute atomic E-state index is 10.5. The second-order valence-corrected chi connectivity index (χ2v) is 14.6. The van der Waals surface area contributed by atoms with E-state index in [1.165, 1.54) is 4.90 Å². The molecule has 1 aliphatic carbocycles. The van der Waals surface area contributed by atoms with Crippen LogP contribution < -0.4 is 10.6 Å². The first-order valence-electron chi connectivity index (χ1n) is 17.3. The maximum atomic E-state index is 10.5. The zero-order chi connectivity index (χ0) is 43.8. The van der Waals surface area contributed by atoms with E-state index in [0.717, 1.165) is 12.8 Å². The Balaban J connectivity index is -0.000000174. The van der Waals surface area contributed by atoms with Crippen molar-refractivity contribution in [1.29, 1.82) is 0 Å². The number of carboxylic acid groups (broad SMARTS) is 5. The Labute approximate surface area is 318 Å². The van der Waals surface area contributed by atoms with Crippen molar-refractivity contribution < 1.29 is 59.7 Å². The van der Waals surface area contributed by atoms with E-state index in [4.69, 9.17) is 35.7 Å². The molecule has 9 N–H and O–H groups in total. The highest BCUT2D eigenvalue weighted by atomic mass is 16.4. The highest BCUT2D eigenvalue weighted by molar-refractivity contribution is 5.82. The Morgan fingerprint density at radius 2 is 1.09 bits per heavy atom. The van der Waals surface area contributed by atoms with Crippen molar-refractivity contribution in [3.63, 3.8) is 0 Å². The van der Waals surface area contributed by atoms with E-state index in [1.807, 2.05) is 41.7 Å². The summed E-state index contributed by atoms with van der Waals surface area (Å²) < 4.78 is 0. The highest BCUT2D eigenvalue weighted by Gasteiger charge is 2.52. The summed E-state index contributed by atoms with van der Waals surface area (Å²) in [5.41, 5.74) is -1.25. The molecule has 0 aromatic heterocycles. The van der Waals surface area contributed by atoms with Crippen molar-refractivity contribution in [2.75, 3.05) is 77.1 Å². The molecule has 5 atom stereocenters. The van der Waals surface area contributed by atoms with Gasteiger partial charge < -0.3 is 46.4 Å². The molecule has 0 heterocycles. The van der Waals surface area contributed by atoms with E-state index < -0.39 is 53.0 Å². The zero-order valence-electron chi connectivity index (χ0n) is 35.6. The molecule has 0 amide bonds. The molecule has 1 rings (SSSR count). The van der Waals surface area contributed by atoms with E-state index in [2.05, 4.69) is 10.6 Å². The number of aliphatic carboxylic acids is 5. The molecule has 0 radical (unpaired) electrons. The number of nitrogens with one attached hydrogen (secondary N) is 2. The summed E-state index contributed by atoms with van der Waals surface area (Å²) in [6.45, 7) is 14.2. The van der Waals surface area contributed by atoms with Crippen molar-refractivity contribution >= 4 is 29.8 Å². The molecule has 18 heteroatoms. The van der Waals surface area contributed by atoms with Crippen LogP contribution in [-0.4, -0.2) is 204 Å². The van der Waals surface area contributed by atoms with Gasteiger partial charge in [-0.3, -0.25) is 43.6 Å². The van der Waals surface area contributed by atoms with Crippen molar-refractivity contribution in [2.24, 2.45) is 11.8 Å². The number of aliphatic hydroxyl groups excluding tert-OH is 2. The number of aliphatic hydroxyl groups is 2. The second-order valence-electron chi connectivity index (χ2n) is 14.6. The lowest BCUT2D eigenvalue weighted by Gasteiger charge is -2.27. The first-order valence-corrected chi connectivity index (χ1v) is 17.3.